The molecule has 2 saturated heterocycles. The van der Waals surface area contributed by atoms with Crippen LogP contribution in [0.4, 0.5) is 16.7 Å². The zero-order valence-electron chi connectivity index (χ0n) is 29.7. The van der Waals surface area contributed by atoms with E-state index in [0.717, 1.165) is 70.7 Å². The summed E-state index contributed by atoms with van der Waals surface area (Å²) in [5.41, 5.74) is 2.15. The SMILES string of the molecule is Cc1nc(N(CCc2ccccc2)C2CCN(C(=O)OC(C)(C)C)CC2)no1.Cc1nc(N(CCc2ccccc2)C2CCNCC2)no1. The van der Waals surface area contributed by atoms with Crippen molar-refractivity contribution in [3.05, 3.63) is 83.6 Å². The van der Waals surface area contributed by atoms with Crippen LogP contribution in [-0.2, 0) is 17.6 Å². The van der Waals surface area contributed by atoms with E-state index in [2.05, 4.69) is 90.0 Å². The standard InChI is InChI=1S/C21H30N4O3.C16H22N4O/c1-16-22-19(23-28-16)25(15-10-17-8-6-5-7-9-17)18-11-13-24(14-12-18)20(26)27-21(2,3)4;1-13-18-16(19-21-13)20(15-7-10-17-11-8-15)12-9-14-5-3-2-4-6-14/h5-9,18H,10-15H2,1-4H3;2-6,15,17H,7-12H2,1H3. The van der Waals surface area contributed by atoms with Gasteiger partial charge in [0.1, 0.15) is 5.60 Å². The molecule has 1 N–H and O–H groups in total. The van der Waals surface area contributed by atoms with Crippen LogP contribution in [0.3, 0.4) is 0 Å². The summed E-state index contributed by atoms with van der Waals surface area (Å²) in [7, 11) is 0. The van der Waals surface area contributed by atoms with Crippen LogP contribution < -0.4 is 15.1 Å². The van der Waals surface area contributed by atoms with Crippen LogP contribution in [0.1, 0.15) is 69.4 Å². The van der Waals surface area contributed by atoms with E-state index < -0.39 is 5.60 Å². The Morgan fingerprint density at radius 1 is 0.776 bits per heavy atom. The van der Waals surface area contributed by atoms with Crippen molar-refractivity contribution < 1.29 is 18.6 Å². The van der Waals surface area contributed by atoms with Gasteiger partial charge in [-0.05, 0) is 93.8 Å². The molecule has 4 aromatic rings. The Morgan fingerprint density at radius 3 is 1.63 bits per heavy atom. The van der Waals surface area contributed by atoms with Crippen LogP contribution in [-0.4, -0.2) is 88.2 Å². The number of benzene rings is 2. The monoisotopic (exact) mass is 672 g/mol. The fourth-order valence-corrected chi connectivity index (χ4v) is 6.30. The second-order valence-electron chi connectivity index (χ2n) is 13.8. The third-order valence-electron chi connectivity index (χ3n) is 8.82. The highest BCUT2D eigenvalue weighted by atomic mass is 16.6. The molecule has 2 aromatic carbocycles. The third kappa shape index (κ3) is 11.0. The predicted octanol–water partition coefficient (Wildman–Crippen LogP) is 6.01. The van der Waals surface area contributed by atoms with Gasteiger partial charge in [0.25, 0.3) is 11.9 Å². The number of carbonyl (C=O) groups excluding carboxylic acids is 1. The molecular weight excluding hydrogens is 620 g/mol. The average Bonchev–Trinajstić information content (AvgIpc) is 3.74. The Morgan fingerprint density at radius 2 is 1.22 bits per heavy atom. The summed E-state index contributed by atoms with van der Waals surface area (Å²) >= 11 is 0. The minimum absolute atomic E-state index is 0.239. The van der Waals surface area contributed by atoms with Gasteiger partial charge >= 0.3 is 6.09 Å². The Hall–Kier alpha value is -4.45. The molecule has 49 heavy (non-hydrogen) atoms. The Bertz CT molecular complexity index is 1540. The van der Waals surface area contributed by atoms with Crippen molar-refractivity contribution in [2.75, 3.05) is 49.1 Å². The number of hydrogen-bond acceptors (Lipinski definition) is 11. The fraction of sp³-hybridized carbons (Fsp3) is 0.541. The van der Waals surface area contributed by atoms with Gasteiger partial charge < -0.3 is 33.8 Å². The molecule has 0 radical (unpaired) electrons. The molecule has 0 unspecified atom stereocenters. The first-order valence-corrected chi connectivity index (χ1v) is 17.5. The summed E-state index contributed by atoms with van der Waals surface area (Å²) in [5.74, 6) is 2.55. The highest BCUT2D eigenvalue weighted by molar-refractivity contribution is 5.68. The molecule has 4 heterocycles. The second kappa shape index (κ2) is 17.3. The van der Waals surface area contributed by atoms with Crippen molar-refractivity contribution in [2.45, 2.75) is 90.8 Å². The zero-order chi connectivity index (χ0) is 34.6. The second-order valence-corrected chi connectivity index (χ2v) is 13.8. The highest BCUT2D eigenvalue weighted by Crippen LogP contribution is 2.24. The molecule has 12 nitrogen and oxygen atoms in total. The van der Waals surface area contributed by atoms with Gasteiger partial charge in [0.15, 0.2) is 0 Å². The van der Waals surface area contributed by atoms with Crippen molar-refractivity contribution in [3.63, 3.8) is 0 Å². The van der Waals surface area contributed by atoms with E-state index in [9.17, 15) is 4.79 Å². The number of aryl methyl sites for hydroxylation is 2. The van der Waals surface area contributed by atoms with Gasteiger partial charge in [-0.25, -0.2) is 4.79 Å². The number of ether oxygens (including phenoxy) is 1. The van der Waals surface area contributed by atoms with Crippen LogP contribution in [0.5, 0.6) is 0 Å². The smallest absolute Gasteiger partial charge is 0.410 e. The quantitative estimate of drug-likeness (QED) is 0.213. The molecule has 1 amide bonds. The average molecular weight is 673 g/mol. The van der Waals surface area contributed by atoms with Crippen LogP contribution in [0.25, 0.3) is 0 Å². The van der Waals surface area contributed by atoms with Crippen molar-refractivity contribution >= 4 is 18.0 Å². The minimum Gasteiger partial charge on any atom is -0.444 e. The number of rotatable bonds is 10. The van der Waals surface area contributed by atoms with E-state index in [-0.39, 0.29) is 12.1 Å². The first-order valence-electron chi connectivity index (χ1n) is 17.5. The van der Waals surface area contributed by atoms with E-state index in [0.29, 0.717) is 36.9 Å². The number of hydrogen-bond donors (Lipinski definition) is 1. The Labute approximate surface area is 290 Å². The van der Waals surface area contributed by atoms with E-state index in [4.69, 9.17) is 13.8 Å². The van der Waals surface area contributed by atoms with E-state index in [1.54, 1.807) is 11.8 Å². The normalized spacial score (nSPS) is 15.7. The lowest BCUT2D eigenvalue weighted by molar-refractivity contribution is 0.0204. The topological polar surface area (TPSA) is 126 Å². The van der Waals surface area contributed by atoms with Gasteiger partial charge in [-0.1, -0.05) is 60.7 Å². The molecule has 12 heteroatoms. The van der Waals surface area contributed by atoms with E-state index in [1.165, 1.54) is 11.1 Å². The maximum absolute atomic E-state index is 12.3. The molecular formula is C37H52N8O4. The van der Waals surface area contributed by atoms with E-state index in [1.807, 2.05) is 33.8 Å². The Balaban J connectivity index is 0.000000199. The summed E-state index contributed by atoms with van der Waals surface area (Å²) in [6.45, 7) is 14.5. The minimum atomic E-state index is -0.474. The van der Waals surface area contributed by atoms with E-state index >= 15 is 0 Å². The molecule has 2 aromatic heterocycles. The Kier molecular flexibility index (Phi) is 12.6. The number of piperidine rings is 2. The van der Waals surface area contributed by atoms with Crippen LogP contribution >= 0.6 is 0 Å². The molecule has 0 saturated carbocycles. The molecule has 264 valence electrons. The number of likely N-dealkylation sites (tertiary alicyclic amines) is 1. The number of anilines is 2. The molecule has 0 spiro atoms. The summed E-state index contributed by atoms with van der Waals surface area (Å²) in [6.07, 6.45) is 5.62. The van der Waals surface area contributed by atoms with Gasteiger partial charge in [-0.15, -0.1) is 0 Å². The number of nitrogens with zero attached hydrogens (tertiary/aromatic N) is 7. The molecule has 2 aliphatic rings. The molecule has 0 aliphatic carbocycles. The number of aromatic nitrogens is 4. The summed E-state index contributed by atoms with van der Waals surface area (Å²) in [4.78, 5) is 27.5. The fourth-order valence-electron chi connectivity index (χ4n) is 6.30. The molecule has 0 atom stereocenters. The number of carbonyl (C=O) groups is 1. The zero-order valence-corrected chi connectivity index (χ0v) is 29.7. The first kappa shape index (κ1) is 35.8. The number of nitrogens with one attached hydrogen (secondary N) is 1. The molecule has 0 bridgehead atoms. The number of amides is 1. The van der Waals surface area contributed by atoms with Gasteiger partial charge in [-0.3, -0.25) is 0 Å². The maximum Gasteiger partial charge on any atom is 0.410 e. The predicted molar refractivity (Wildman–Crippen MR) is 190 cm³/mol. The van der Waals surface area contributed by atoms with Crippen molar-refractivity contribution in [1.82, 2.24) is 30.5 Å². The van der Waals surface area contributed by atoms with Crippen LogP contribution in [0.15, 0.2) is 69.7 Å². The summed E-state index contributed by atoms with van der Waals surface area (Å²) in [6, 6.07) is 21.7. The van der Waals surface area contributed by atoms with Gasteiger partial charge in [0, 0.05) is 52.1 Å². The maximum atomic E-state index is 12.3. The molecule has 2 aliphatic heterocycles. The van der Waals surface area contributed by atoms with Crippen molar-refractivity contribution in [3.8, 4) is 0 Å². The van der Waals surface area contributed by atoms with Crippen LogP contribution in [0, 0.1) is 13.8 Å². The largest absolute Gasteiger partial charge is 0.444 e. The van der Waals surface area contributed by atoms with Gasteiger partial charge in [-0.2, -0.15) is 9.97 Å². The van der Waals surface area contributed by atoms with Crippen molar-refractivity contribution in [2.24, 2.45) is 0 Å². The summed E-state index contributed by atoms with van der Waals surface area (Å²) < 4.78 is 15.9. The molecule has 2 fully saturated rings. The van der Waals surface area contributed by atoms with Crippen molar-refractivity contribution in [1.29, 1.82) is 0 Å². The highest BCUT2D eigenvalue weighted by Gasteiger charge is 2.31. The lowest BCUT2D eigenvalue weighted by Crippen LogP contribution is -2.48. The van der Waals surface area contributed by atoms with Gasteiger partial charge in [0.05, 0.1) is 0 Å². The third-order valence-corrected chi connectivity index (χ3v) is 8.82. The lowest BCUT2D eigenvalue weighted by Gasteiger charge is -2.38. The van der Waals surface area contributed by atoms with Gasteiger partial charge in [0.2, 0.25) is 11.8 Å². The lowest BCUT2D eigenvalue weighted by atomic mass is 10.0. The molecule has 6 rings (SSSR count). The first-order chi connectivity index (χ1) is 23.6. The summed E-state index contributed by atoms with van der Waals surface area (Å²) in [5, 5.41) is 11.7. The van der Waals surface area contributed by atoms with Crippen LogP contribution in [0.2, 0.25) is 0 Å².